The number of piperazine rings is 1. The Bertz CT molecular complexity index is 438. The average molecular weight is 274 g/mol. The van der Waals surface area contributed by atoms with E-state index in [1.54, 1.807) is 12.1 Å². The molecule has 0 aromatic heterocycles. The fourth-order valence-corrected chi connectivity index (χ4v) is 3.42. The van der Waals surface area contributed by atoms with Crippen LogP contribution in [0, 0.1) is 0 Å². The molecule has 0 aliphatic carbocycles. The highest BCUT2D eigenvalue weighted by Crippen LogP contribution is 2.21. The normalized spacial score (nSPS) is 24.4. The zero-order chi connectivity index (χ0) is 13.9. The van der Waals surface area contributed by atoms with Gasteiger partial charge in [0.15, 0.2) is 0 Å². The summed E-state index contributed by atoms with van der Waals surface area (Å²) in [5.41, 5.74) is 1.81. The van der Waals surface area contributed by atoms with Crippen molar-refractivity contribution in [3.8, 4) is 0 Å². The maximum atomic E-state index is 9.11. The van der Waals surface area contributed by atoms with Crippen molar-refractivity contribution in [2.75, 3.05) is 26.2 Å². The lowest BCUT2D eigenvalue weighted by Gasteiger charge is -2.44. The Morgan fingerprint density at radius 1 is 1.05 bits per heavy atom. The van der Waals surface area contributed by atoms with E-state index in [4.69, 9.17) is 10.0 Å². The third kappa shape index (κ3) is 3.23. The summed E-state index contributed by atoms with van der Waals surface area (Å²) in [6, 6.07) is 8.36. The van der Waals surface area contributed by atoms with Crippen LogP contribution in [-0.2, 0) is 6.54 Å². The van der Waals surface area contributed by atoms with Crippen molar-refractivity contribution in [3.05, 3.63) is 29.8 Å². The van der Waals surface area contributed by atoms with Gasteiger partial charge in [0.25, 0.3) is 0 Å². The van der Waals surface area contributed by atoms with Crippen molar-refractivity contribution in [2.24, 2.45) is 0 Å². The molecule has 2 aliphatic rings. The summed E-state index contributed by atoms with van der Waals surface area (Å²) in [6.07, 6.45) is 4.08. The first kappa shape index (κ1) is 14.1. The molecule has 0 bridgehead atoms. The molecule has 2 N–H and O–H groups in total. The van der Waals surface area contributed by atoms with Crippen LogP contribution in [0.15, 0.2) is 24.3 Å². The van der Waals surface area contributed by atoms with Gasteiger partial charge in [-0.1, -0.05) is 30.7 Å². The maximum absolute atomic E-state index is 9.11. The van der Waals surface area contributed by atoms with Gasteiger partial charge in [0.1, 0.15) is 0 Å². The highest BCUT2D eigenvalue weighted by molar-refractivity contribution is 6.58. The smallest absolute Gasteiger partial charge is 0.423 e. The predicted molar refractivity (Wildman–Crippen MR) is 80.8 cm³/mol. The topological polar surface area (TPSA) is 46.9 Å². The second-order valence-corrected chi connectivity index (χ2v) is 6.04. The van der Waals surface area contributed by atoms with E-state index in [-0.39, 0.29) is 0 Å². The fourth-order valence-electron chi connectivity index (χ4n) is 3.42. The van der Waals surface area contributed by atoms with Crippen molar-refractivity contribution in [2.45, 2.75) is 31.8 Å². The Hall–Kier alpha value is -0.875. The molecule has 0 spiro atoms. The molecule has 4 nitrogen and oxygen atoms in total. The van der Waals surface area contributed by atoms with Gasteiger partial charge in [-0.15, -0.1) is 0 Å². The summed E-state index contributed by atoms with van der Waals surface area (Å²) in [4.78, 5) is 5.17. The summed E-state index contributed by atoms with van der Waals surface area (Å²) in [6.45, 7) is 5.75. The van der Waals surface area contributed by atoms with Crippen molar-refractivity contribution in [1.82, 2.24) is 9.80 Å². The first-order valence-electron chi connectivity index (χ1n) is 7.64. The van der Waals surface area contributed by atoms with Crippen molar-refractivity contribution in [1.29, 1.82) is 0 Å². The van der Waals surface area contributed by atoms with E-state index < -0.39 is 7.12 Å². The number of piperidine rings is 1. The molecule has 1 atom stereocenters. The number of fused-ring (bicyclic) bond motifs is 1. The summed E-state index contributed by atoms with van der Waals surface area (Å²) < 4.78 is 0. The van der Waals surface area contributed by atoms with E-state index in [9.17, 15) is 0 Å². The summed E-state index contributed by atoms with van der Waals surface area (Å²) in [7, 11) is -1.37. The van der Waals surface area contributed by atoms with Crippen LogP contribution in [0.3, 0.4) is 0 Å². The van der Waals surface area contributed by atoms with Crippen LogP contribution in [0.5, 0.6) is 0 Å². The van der Waals surface area contributed by atoms with Gasteiger partial charge >= 0.3 is 7.12 Å². The van der Waals surface area contributed by atoms with E-state index in [0.29, 0.717) is 5.46 Å². The third-order valence-electron chi connectivity index (χ3n) is 4.61. The van der Waals surface area contributed by atoms with Gasteiger partial charge in [-0.05, 0) is 30.4 Å². The number of nitrogens with zero attached hydrogens (tertiary/aromatic N) is 2. The molecule has 1 unspecified atom stereocenters. The lowest BCUT2D eigenvalue weighted by Crippen LogP contribution is -2.54. The first-order valence-corrected chi connectivity index (χ1v) is 7.64. The summed E-state index contributed by atoms with van der Waals surface area (Å²) in [5.74, 6) is 0. The van der Waals surface area contributed by atoms with Crippen LogP contribution in [0.4, 0.5) is 0 Å². The van der Waals surface area contributed by atoms with Gasteiger partial charge in [-0.3, -0.25) is 9.80 Å². The zero-order valence-corrected chi connectivity index (χ0v) is 11.9. The molecule has 0 amide bonds. The third-order valence-corrected chi connectivity index (χ3v) is 4.61. The Morgan fingerprint density at radius 2 is 1.85 bits per heavy atom. The molecule has 2 heterocycles. The largest absolute Gasteiger partial charge is 0.488 e. The molecule has 2 saturated heterocycles. The molecule has 1 aromatic rings. The SMILES string of the molecule is OB(O)c1ccc(CN2CCN3CCCCC3C2)cc1. The van der Waals surface area contributed by atoms with E-state index >= 15 is 0 Å². The summed E-state index contributed by atoms with van der Waals surface area (Å²) >= 11 is 0. The van der Waals surface area contributed by atoms with Gasteiger partial charge in [0.05, 0.1) is 0 Å². The van der Waals surface area contributed by atoms with Crippen LogP contribution in [0.1, 0.15) is 24.8 Å². The van der Waals surface area contributed by atoms with Gasteiger partial charge in [0, 0.05) is 32.2 Å². The fraction of sp³-hybridized carbons (Fsp3) is 0.600. The van der Waals surface area contributed by atoms with Crippen LogP contribution in [0.25, 0.3) is 0 Å². The second kappa shape index (κ2) is 6.27. The molecule has 2 aliphatic heterocycles. The number of rotatable bonds is 3. The second-order valence-electron chi connectivity index (χ2n) is 6.04. The number of hydrogen-bond acceptors (Lipinski definition) is 4. The Labute approximate surface area is 121 Å². The van der Waals surface area contributed by atoms with Crippen LogP contribution in [-0.4, -0.2) is 59.2 Å². The zero-order valence-electron chi connectivity index (χ0n) is 11.9. The highest BCUT2D eigenvalue weighted by Gasteiger charge is 2.28. The minimum atomic E-state index is -1.37. The Morgan fingerprint density at radius 3 is 2.60 bits per heavy atom. The Kier molecular flexibility index (Phi) is 4.41. The molecular formula is C15H23BN2O2. The van der Waals surface area contributed by atoms with Crippen LogP contribution in [0.2, 0.25) is 0 Å². The lowest BCUT2D eigenvalue weighted by molar-refractivity contribution is 0.0457. The van der Waals surface area contributed by atoms with E-state index in [2.05, 4.69) is 9.80 Å². The average Bonchev–Trinajstić information content (AvgIpc) is 2.48. The molecule has 3 rings (SSSR count). The number of hydrogen-bond donors (Lipinski definition) is 2. The molecule has 5 heteroatoms. The van der Waals surface area contributed by atoms with E-state index in [1.807, 2.05) is 12.1 Å². The van der Waals surface area contributed by atoms with E-state index in [1.165, 1.54) is 44.5 Å². The highest BCUT2D eigenvalue weighted by atomic mass is 16.4. The van der Waals surface area contributed by atoms with Gasteiger partial charge in [-0.2, -0.15) is 0 Å². The molecule has 1 aromatic carbocycles. The quantitative estimate of drug-likeness (QED) is 0.764. The van der Waals surface area contributed by atoms with Crippen LogP contribution < -0.4 is 5.46 Å². The number of benzene rings is 1. The van der Waals surface area contributed by atoms with E-state index in [0.717, 1.165) is 19.1 Å². The summed E-state index contributed by atoms with van der Waals surface area (Å²) in [5, 5.41) is 18.2. The van der Waals surface area contributed by atoms with Gasteiger partial charge in [-0.25, -0.2) is 0 Å². The molecule has 2 fully saturated rings. The van der Waals surface area contributed by atoms with Gasteiger partial charge < -0.3 is 10.0 Å². The minimum absolute atomic E-state index is 0.561. The molecule has 0 saturated carbocycles. The minimum Gasteiger partial charge on any atom is -0.423 e. The molecule has 20 heavy (non-hydrogen) atoms. The standard InChI is InChI=1S/C15H23BN2O2/c19-16(20)14-6-4-13(5-7-14)11-17-9-10-18-8-2-1-3-15(18)12-17/h4-7,15,19-20H,1-3,8-12H2. The lowest BCUT2D eigenvalue weighted by atomic mass is 9.80. The van der Waals surface area contributed by atoms with Crippen molar-refractivity contribution < 1.29 is 10.0 Å². The Balaban J connectivity index is 1.57. The molecular weight excluding hydrogens is 251 g/mol. The first-order chi connectivity index (χ1) is 9.72. The van der Waals surface area contributed by atoms with Crippen LogP contribution >= 0.6 is 0 Å². The monoisotopic (exact) mass is 274 g/mol. The maximum Gasteiger partial charge on any atom is 0.488 e. The van der Waals surface area contributed by atoms with Gasteiger partial charge in [0.2, 0.25) is 0 Å². The van der Waals surface area contributed by atoms with Crippen molar-refractivity contribution in [3.63, 3.8) is 0 Å². The molecule has 0 radical (unpaired) electrons. The molecule has 108 valence electrons. The van der Waals surface area contributed by atoms with Crippen molar-refractivity contribution >= 4 is 12.6 Å². The predicted octanol–water partition coefficient (Wildman–Crippen LogP) is 0.0365.